The third-order valence-electron chi connectivity index (χ3n) is 2.61. The summed E-state index contributed by atoms with van der Waals surface area (Å²) < 4.78 is 1.07. The van der Waals surface area contributed by atoms with Crippen LogP contribution in [0.25, 0.3) is 0 Å². The minimum Gasteiger partial charge on any atom is -0.480 e. The summed E-state index contributed by atoms with van der Waals surface area (Å²) >= 11 is 5.77. The van der Waals surface area contributed by atoms with Crippen LogP contribution in [0.2, 0.25) is 5.02 Å². The van der Waals surface area contributed by atoms with Crippen molar-refractivity contribution in [3.63, 3.8) is 0 Å². The van der Waals surface area contributed by atoms with Crippen LogP contribution in [-0.4, -0.2) is 37.1 Å². The molecule has 1 heterocycles. The van der Waals surface area contributed by atoms with Crippen molar-refractivity contribution in [3.8, 4) is 0 Å². The van der Waals surface area contributed by atoms with Crippen LogP contribution in [0.5, 0.6) is 0 Å². The molecule has 20 heavy (non-hydrogen) atoms. The molecule has 0 bridgehead atoms. The molecule has 2 aromatic rings. The van der Waals surface area contributed by atoms with Crippen LogP contribution in [0.3, 0.4) is 0 Å². The Balaban J connectivity index is 2.36. The van der Waals surface area contributed by atoms with Gasteiger partial charge >= 0.3 is 11.9 Å². The molecule has 0 aliphatic heterocycles. The highest BCUT2D eigenvalue weighted by atomic mass is 35.5. The number of halogens is 1. The maximum absolute atomic E-state index is 11.1. The summed E-state index contributed by atoms with van der Waals surface area (Å²) in [4.78, 5) is 21.8. The maximum atomic E-state index is 11.1. The van der Waals surface area contributed by atoms with Crippen molar-refractivity contribution in [2.75, 3.05) is 0 Å². The van der Waals surface area contributed by atoms with Gasteiger partial charge in [-0.3, -0.25) is 4.79 Å². The number of carboxylic acid groups (broad SMARTS) is 2. The fourth-order valence-corrected chi connectivity index (χ4v) is 1.85. The molecule has 0 unspecified atom stereocenters. The number of rotatable bonds is 5. The first-order valence-electron chi connectivity index (χ1n) is 5.59. The van der Waals surface area contributed by atoms with Gasteiger partial charge in [0, 0.05) is 11.4 Å². The molecule has 0 amide bonds. The van der Waals surface area contributed by atoms with Gasteiger partial charge in [0.15, 0.2) is 5.69 Å². The lowest BCUT2D eigenvalue weighted by Gasteiger charge is -2.05. The van der Waals surface area contributed by atoms with Crippen molar-refractivity contribution in [1.29, 1.82) is 0 Å². The molecule has 0 fully saturated rings. The number of aromatic nitrogens is 3. The zero-order valence-corrected chi connectivity index (χ0v) is 10.9. The molecule has 0 spiro atoms. The van der Waals surface area contributed by atoms with Gasteiger partial charge in [-0.05, 0) is 17.7 Å². The number of nitrogens with zero attached hydrogens (tertiary/aromatic N) is 3. The molecule has 0 saturated carbocycles. The highest BCUT2D eigenvalue weighted by Crippen LogP contribution is 2.15. The molecule has 0 aliphatic carbocycles. The SMILES string of the molecule is O=C(O)Cn1nnc(C(=O)O)c1Cc1ccc(Cl)cc1. The summed E-state index contributed by atoms with van der Waals surface area (Å²) in [5.74, 6) is -2.37. The molecule has 1 aromatic carbocycles. The normalized spacial score (nSPS) is 10.4. The smallest absolute Gasteiger partial charge is 0.358 e. The van der Waals surface area contributed by atoms with Crippen molar-refractivity contribution in [2.24, 2.45) is 0 Å². The van der Waals surface area contributed by atoms with Gasteiger partial charge in [-0.15, -0.1) is 5.10 Å². The molecule has 0 saturated heterocycles. The van der Waals surface area contributed by atoms with Crippen molar-refractivity contribution < 1.29 is 19.8 Å². The molecular formula is C12H10ClN3O4. The third kappa shape index (κ3) is 3.12. The van der Waals surface area contributed by atoms with Crippen molar-refractivity contribution in [2.45, 2.75) is 13.0 Å². The molecule has 0 atom stereocenters. The summed E-state index contributed by atoms with van der Waals surface area (Å²) in [5.41, 5.74) is 0.772. The standard InChI is InChI=1S/C12H10ClN3O4/c13-8-3-1-7(2-4-8)5-9-11(12(19)20)14-15-16(9)6-10(17)18/h1-4H,5-6H2,(H,17,18)(H,19,20). The van der Waals surface area contributed by atoms with Crippen LogP contribution in [0.15, 0.2) is 24.3 Å². The summed E-state index contributed by atoms with van der Waals surface area (Å²) in [5, 5.41) is 25.5. The molecule has 2 N–H and O–H groups in total. The second-order valence-corrected chi connectivity index (χ2v) is 4.48. The lowest BCUT2D eigenvalue weighted by atomic mass is 10.1. The van der Waals surface area contributed by atoms with Crippen molar-refractivity contribution >= 4 is 23.5 Å². The monoisotopic (exact) mass is 295 g/mol. The minimum absolute atomic E-state index is 0.207. The number of aromatic carboxylic acids is 1. The van der Waals surface area contributed by atoms with Gasteiger partial charge in [0.1, 0.15) is 6.54 Å². The van der Waals surface area contributed by atoms with Crippen LogP contribution in [0.4, 0.5) is 0 Å². The van der Waals surface area contributed by atoms with E-state index in [0.29, 0.717) is 5.02 Å². The third-order valence-corrected chi connectivity index (χ3v) is 2.86. The fraction of sp³-hybridized carbons (Fsp3) is 0.167. The molecule has 8 heteroatoms. The summed E-state index contributed by atoms with van der Waals surface area (Å²) in [7, 11) is 0. The zero-order valence-electron chi connectivity index (χ0n) is 10.2. The predicted molar refractivity (Wildman–Crippen MR) is 68.9 cm³/mol. The van der Waals surface area contributed by atoms with Crippen molar-refractivity contribution in [1.82, 2.24) is 15.0 Å². The molecule has 7 nitrogen and oxygen atoms in total. The van der Waals surface area contributed by atoms with E-state index in [1.54, 1.807) is 24.3 Å². The van der Waals surface area contributed by atoms with Gasteiger partial charge in [0.2, 0.25) is 0 Å². The van der Waals surface area contributed by atoms with E-state index in [1.807, 2.05) is 0 Å². The van der Waals surface area contributed by atoms with E-state index >= 15 is 0 Å². The zero-order chi connectivity index (χ0) is 14.7. The van der Waals surface area contributed by atoms with Crippen LogP contribution in [-0.2, 0) is 17.8 Å². The Kier molecular flexibility index (Phi) is 3.99. The number of hydrogen-bond donors (Lipinski definition) is 2. The Labute approximate surface area is 118 Å². The van der Waals surface area contributed by atoms with Crippen LogP contribution in [0, 0.1) is 0 Å². The Hall–Kier alpha value is -2.41. The van der Waals surface area contributed by atoms with Crippen LogP contribution in [0.1, 0.15) is 21.7 Å². The van der Waals surface area contributed by atoms with Gasteiger partial charge in [-0.2, -0.15) is 0 Å². The maximum Gasteiger partial charge on any atom is 0.358 e. The van der Waals surface area contributed by atoms with Gasteiger partial charge < -0.3 is 10.2 Å². The van der Waals surface area contributed by atoms with Gasteiger partial charge in [0.05, 0.1) is 5.69 Å². The minimum atomic E-state index is -1.24. The van der Waals surface area contributed by atoms with Gasteiger partial charge in [-0.1, -0.05) is 28.9 Å². The lowest BCUT2D eigenvalue weighted by Crippen LogP contribution is -2.14. The van der Waals surface area contributed by atoms with E-state index in [9.17, 15) is 9.59 Å². The van der Waals surface area contributed by atoms with Gasteiger partial charge in [0.25, 0.3) is 0 Å². The Bertz CT molecular complexity index is 651. The highest BCUT2D eigenvalue weighted by molar-refractivity contribution is 6.30. The second kappa shape index (κ2) is 5.70. The average molecular weight is 296 g/mol. The Morgan fingerprint density at radius 3 is 2.40 bits per heavy atom. The lowest BCUT2D eigenvalue weighted by molar-refractivity contribution is -0.138. The molecular weight excluding hydrogens is 286 g/mol. The first-order chi connectivity index (χ1) is 9.47. The number of benzene rings is 1. The Morgan fingerprint density at radius 2 is 1.85 bits per heavy atom. The highest BCUT2D eigenvalue weighted by Gasteiger charge is 2.20. The van der Waals surface area contributed by atoms with E-state index < -0.39 is 18.5 Å². The molecule has 104 valence electrons. The quantitative estimate of drug-likeness (QED) is 0.861. The Morgan fingerprint density at radius 1 is 1.20 bits per heavy atom. The summed E-state index contributed by atoms with van der Waals surface area (Å²) in [6, 6.07) is 6.80. The van der Waals surface area contributed by atoms with Crippen molar-refractivity contribution in [3.05, 3.63) is 46.2 Å². The first-order valence-corrected chi connectivity index (χ1v) is 5.97. The second-order valence-electron chi connectivity index (χ2n) is 4.04. The number of carbonyl (C=O) groups is 2. The summed E-state index contributed by atoms with van der Waals surface area (Å²) in [6.45, 7) is -0.441. The summed E-state index contributed by atoms with van der Waals surface area (Å²) in [6.07, 6.45) is 0.207. The topological polar surface area (TPSA) is 105 Å². The number of aliphatic carboxylic acids is 1. The number of carboxylic acids is 2. The predicted octanol–water partition coefficient (Wildman–Crippen LogP) is 1.31. The van der Waals surface area contributed by atoms with E-state index in [0.717, 1.165) is 10.2 Å². The fourth-order valence-electron chi connectivity index (χ4n) is 1.72. The molecule has 0 radical (unpaired) electrons. The first kappa shape index (κ1) is 14.0. The molecule has 2 rings (SSSR count). The van der Waals surface area contributed by atoms with Gasteiger partial charge in [-0.25, -0.2) is 9.48 Å². The van der Waals surface area contributed by atoms with E-state index in [4.69, 9.17) is 21.8 Å². The molecule has 1 aromatic heterocycles. The van der Waals surface area contributed by atoms with Crippen LogP contribution >= 0.6 is 11.6 Å². The van der Waals surface area contributed by atoms with E-state index in [1.165, 1.54) is 0 Å². The number of hydrogen-bond acceptors (Lipinski definition) is 4. The van der Waals surface area contributed by atoms with E-state index in [2.05, 4.69) is 10.3 Å². The largest absolute Gasteiger partial charge is 0.480 e. The van der Waals surface area contributed by atoms with E-state index in [-0.39, 0.29) is 17.8 Å². The molecule has 0 aliphatic rings. The van der Waals surface area contributed by atoms with Crippen LogP contribution < -0.4 is 0 Å². The average Bonchev–Trinajstić information content (AvgIpc) is 2.74.